The maximum absolute atomic E-state index is 11.8. The van der Waals surface area contributed by atoms with E-state index in [-0.39, 0.29) is 11.7 Å². The summed E-state index contributed by atoms with van der Waals surface area (Å²) in [5.41, 5.74) is 0. The van der Waals surface area contributed by atoms with E-state index < -0.39 is 6.09 Å². The second-order valence-corrected chi connectivity index (χ2v) is 6.83. The number of hydrogen-bond donors (Lipinski definition) is 0. The topological polar surface area (TPSA) is 46.6 Å². The fourth-order valence-electron chi connectivity index (χ4n) is 1.75. The quantitative estimate of drug-likeness (QED) is 0.487. The van der Waals surface area contributed by atoms with E-state index in [1.165, 1.54) is 19.3 Å². The summed E-state index contributed by atoms with van der Waals surface area (Å²) in [6, 6.07) is 0. The van der Waals surface area contributed by atoms with Gasteiger partial charge < -0.3 is 4.74 Å². The SMILES string of the molecule is CCCCCCCCN1C(=O)OC(=C(Br)Br)C1=O. The molecule has 1 aliphatic heterocycles. The fraction of sp³-hybridized carbons (Fsp3) is 0.667. The van der Waals surface area contributed by atoms with Gasteiger partial charge in [0.25, 0.3) is 0 Å². The molecule has 0 saturated carbocycles. The van der Waals surface area contributed by atoms with Gasteiger partial charge in [-0.05, 0) is 38.3 Å². The number of unbranched alkanes of at least 4 members (excludes halogenated alkanes) is 5. The first-order chi connectivity index (χ1) is 8.57. The number of rotatable bonds is 7. The normalized spacial score (nSPS) is 15.3. The van der Waals surface area contributed by atoms with Crippen LogP contribution in [0, 0.1) is 0 Å². The highest BCUT2D eigenvalue weighted by atomic mass is 79.9. The molecule has 0 aromatic heterocycles. The minimum absolute atomic E-state index is 0.0333. The van der Waals surface area contributed by atoms with Gasteiger partial charge >= 0.3 is 12.0 Å². The molecule has 0 radical (unpaired) electrons. The molecule has 4 nitrogen and oxygen atoms in total. The number of hydrogen-bond acceptors (Lipinski definition) is 3. The summed E-state index contributed by atoms with van der Waals surface area (Å²) in [7, 11) is 0. The summed E-state index contributed by atoms with van der Waals surface area (Å²) >= 11 is 6.16. The van der Waals surface area contributed by atoms with Crippen LogP contribution in [0.2, 0.25) is 0 Å². The molecular weight excluding hydrogens is 366 g/mol. The Balaban J connectivity index is 2.33. The van der Waals surface area contributed by atoms with Crippen LogP contribution in [0.5, 0.6) is 0 Å². The van der Waals surface area contributed by atoms with E-state index in [4.69, 9.17) is 4.74 Å². The third-order valence-corrected chi connectivity index (χ3v) is 3.48. The van der Waals surface area contributed by atoms with Crippen LogP contribution in [0.3, 0.4) is 0 Å². The summed E-state index contributed by atoms with van der Waals surface area (Å²) in [5.74, 6) is -0.344. The number of amides is 2. The standard InChI is InChI=1S/C12H17Br2NO3/c1-2-3-4-5-6-7-8-15-11(16)9(10(13)14)18-12(15)17/h2-8H2,1H3. The molecule has 102 valence electrons. The molecule has 1 fully saturated rings. The summed E-state index contributed by atoms with van der Waals surface area (Å²) in [5, 5.41) is 0. The number of ether oxygens (including phenoxy) is 1. The molecule has 6 heteroatoms. The lowest BCUT2D eigenvalue weighted by Gasteiger charge is -2.09. The average molecular weight is 383 g/mol. The lowest BCUT2D eigenvalue weighted by Crippen LogP contribution is -2.29. The zero-order valence-corrected chi connectivity index (χ0v) is 13.5. The second kappa shape index (κ2) is 7.94. The van der Waals surface area contributed by atoms with Crippen LogP contribution in [-0.4, -0.2) is 23.4 Å². The van der Waals surface area contributed by atoms with Crippen LogP contribution in [0.4, 0.5) is 4.79 Å². The molecule has 1 rings (SSSR count). The molecule has 1 heterocycles. The predicted molar refractivity (Wildman–Crippen MR) is 76.5 cm³/mol. The van der Waals surface area contributed by atoms with Crippen molar-refractivity contribution in [2.24, 2.45) is 0 Å². The van der Waals surface area contributed by atoms with Crippen molar-refractivity contribution in [1.82, 2.24) is 4.90 Å². The Morgan fingerprint density at radius 3 is 2.28 bits per heavy atom. The molecule has 0 atom stereocenters. The first-order valence-electron chi connectivity index (χ1n) is 6.17. The van der Waals surface area contributed by atoms with Crippen molar-refractivity contribution >= 4 is 43.9 Å². The van der Waals surface area contributed by atoms with Gasteiger partial charge in [-0.1, -0.05) is 39.0 Å². The molecule has 0 spiro atoms. The van der Waals surface area contributed by atoms with Gasteiger partial charge in [0, 0.05) is 6.54 Å². The summed E-state index contributed by atoms with van der Waals surface area (Å²) in [6.07, 6.45) is 6.10. The Bertz CT molecular complexity index is 351. The number of carbonyl (C=O) groups is 2. The molecular formula is C12H17Br2NO3. The lowest BCUT2D eigenvalue weighted by molar-refractivity contribution is -0.123. The van der Waals surface area contributed by atoms with Gasteiger partial charge in [-0.15, -0.1) is 0 Å². The van der Waals surface area contributed by atoms with E-state index >= 15 is 0 Å². The van der Waals surface area contributed by atoms with Crippen LogP contribution in [-0.2, 0) is 9.53 Å². The van der Waals surface area contributed by atoms with E-state index in [1.54, 1.807) is 0 Å². The Hall–Kier alpha value is -0.360. The monoisotopic (exact) mass is 381 g/mol. The zero-order valence-electron chi connectivity index (χ0n) is 10.4. The Morgan fingerprint density at radius 2 is 1.72 bits per heavy atom. The highest BCUT2D eigenvalue weighted by molar-refractivity contribution is 9.28. The Kier molecular flexibility index (Phi) is 6.92. The van der Waals surface area contributed by atoms with Gasteiger partial charge in [0.05, 0.1) is 0 Å². The molecule has 0 bridgehead atoms. The number of halogens is 2. The van der Waals surface area contributed by atoms with E-state index in [0.717, 1.165) is 24.2 Å². The van der Waals surface area contributed by atoms with Crippen LogP contribution in [0.1, 0.15) is 45.4 Å². The summed E-state index contributed by atoms with van der Waals surface area (Å²) in [6.45, 7) is 2.60. The molecule has 1 aliphatic rings. The fourth-order valence-corrected chi connectivity index (χ4v) is 2.26. The van der Waals surface area contributed by atoms with Crippen molar-refractivity contribution in [2.75, 3.05) is 6.54 Å². The van der Waals surface area contributed by atoms with Crippen LogP contribution < -0.4 is 0 Å². The van der Waals surface area contributed by atoms with Gasteiger partial charge in [-0.2, -0.15) is 0 Å². The molecule has 0 aromatic rings. The summed E-state index contributed by atoms with van der Waals surface area (Å²) < 4.78 is 5.24. The van der Waals surface area contributed by atoms with Gasteiger partial charge in [0.1, 0.15) is 3.39 Å². The largest absolute Gasteiger partial charge is 0.422 e. The highest BCUT2D eigenvalue weighted by Crippen LogP contribution is 2.27. The molecule has 0 N–H and O–H groups in total. The average Bonchev–Trinajstić information content (AvgIpc) is 2.60. The van der Waals surface area contributed by atoms with Crippen molar-refractivity contribution in [1.29, 1.82) is 0 Å². The molecule has 18 heavy (non-hydrogen) atoms. The predicted octanol–water partition coefficient (Wildman–Crippen LogP) is 4.28. The highest BCUT2D eigenvalue weighted by Gasteiger charge is 2.37. The Labute approximate surface area is 124 Å². The summed E-state index contributed by atoms with van der Waals surface area (Å²) in [4.78, 5) is 24.4. The van der Waals surface area contributed by atoms with Crippen LogP contribution >= 0.6 is 31.9 Å². The van der Waals surface area contributed by atoms with Gasteiger partial charge in [0.2, 0.25) is 5.76 Å². The minimum atomic E-state index is -0.583. The molecule has 0 aliphatic carbocycles. The molecule has 0 unspecified atom stereocenters. The van der Waals surface area contributed by atoms with Gasteiger partial charge in [0.15, 0.2) is 0 Å². The van der Waals surface area contributed by atoms with Crippen LogP contribution in [0.25, 0.3) is 0 Å². The smallest absolute Gasteiger partial charge is 0.402 e. The number of imide groups is 1. The Morgan fingerprint density at radius 1 is 1.11 bits per heavy atom. The molecule has 2 amide bonds. The van der Waals surface area contributed by atoms with E-state index in [1.807, 2.05) is 0 Å². The van der Waals surface area contributed by atoms with Crippen molar-refractivity contribution in [3.63, 3.8) is 0 Å². The van der Waals surface area contributed by atoms with Crippen LogP contribution in [0.15, 0.2) is 9.15 Å². The minimum Gasteiger partial charge on any atom is -0.402 e. The zero-order chi connectivity index (χ0) is 13.5. The van der Waals surface area contributed by atoms with E-state index in [0.29, 0.717) is 9.94 Å². The van der Waals surface area contributed by atoms with E-state index in [9.17, 15) is 9.59 Å². The van der Waals surface area contributed by atoms with Gasteiger partial charge in [-0.3, -0.25) is 4.79 Å². The third-order valence-electron chi connectivity index (χ3n) is 2.76. The van der Waals surface area contributed by atoms with Crippen molar-refractivity contribution in [2.45, 2.75) is 45.4 Å². The lowest BCUT2D eigenvalue weighted by atomic mass is 10.1. The maximum Gasteiger partial charge on any atom is 0.422 e. The second-order valence-electron chi connectivity index (χ2n) is 4.18. The van der Waals surface area contributed by atoms with Gasteiger partial charge in [-0.25, -0.2) is 9.69 Å². The number of cyclic esters (lactones) is 1. The van der Waals surface area contributed by atoms with E-state index in [2.05, 4.69) is 38.8 Å². The first kappa shape index (κ1) is 15.7. The molecule has 0 aromatic carbocycles. The first-order valence-corrected chi connectivity index (χ1v) is 7.75. The van der Waals surface area contributed by atoms with Crippen molar-refractivity contribution < 1.29 is 14.3 Å². The van der Waals surface area contributed by atoms with Crippen molar-refractivity contribution in [3.05, 3.63) is 9.15 Å². The number of nitrogens with zero attached hydrogens (tertiary/aromatic N) is 1. The molecule has 1 saturated heterocycles. The van der Waals surface area contributed by atoms with Crippen molar-refractivity contribution in [3.8, 4) is 0 Å². The third kappa shape index (κ3) is 4.39. The number of carbonyl (C=O) groups excluding carboxylic acids is 2. The maximum atomic E-state index is 11.8.